The molecule has 7 nitrogen and oxygen atoms in total. The number of aromatic nitrogens is 3. The molecule has 3 N–H and O–H groups in total. The van der Waals surface area contributed by atoms with Crippen molar-refractivity contribution in [3.63, 3.8) is 0 Å². The summed E-state index contributed by atoms with van der Waals surface area (Å²) in [6, 6.07) is 17.0. The first-order chi connectivity index (χ1) is 14.2. The average molecular weight is 421 g/mol. The highest BCUT2D eigenvalue weighted by Gasteiger charge is 2.21. The smallest absolute Gasteiger partial charge is 0.237 e. The Balaban J connectivity index is 1.73. The van der Waals surface area contributed by atoms with Crippen LogP contribution in [-0.2, 0) is 10.2 Å². The molecule has 0 saturated heterocycles. The van der Waals surface area contributed by atoms with Crippen LogP contribution in [0.1, 0.15) is 38.8 Å². The highest BCUT2D eigenvalue weighted by molar-refractivity contribution is 8.00. The second kappa shape index (κ2) is 8.59. The molecule has 0 unspecified atom stereocenters. The van der Waals surface area contributed by atoms with Crippen LogP contribution >= 0.6 is 11.8 Å². The molecule has 1 amide bonds. The lowest BCUT2D eigenvalue weighted by Crippen LogP contribution is -2.24. The first-order valence-corrected chi connectivity index (χ1v) is 10.4. The van der Waals surface area contributed by atoms with Crippen LogP contribution in [0.2, 0.25) is 0 Å². The molecule has 0 radical (unpaired) electrons. The molecule has 8 heteroatoms. The summed E-state index contributed by atoms with van der Waals surface area (Å²) < 4.78 is 1.39. The first kappa shape index (κ1) is 21.4. The van der Waals surface area contributed by atoms with Gasteiger partial charge in [0.1, 0.15) is 6.07 Å². The van der Waals surface area contributed by atoms with Crippen molar-refractivity contribution in [2.24, 2.45) is 0 Å². The number of nitrogen functional groups attached to an aromatic ring is 1. The van der Waals surface area contributed by atoms with Gasteiger partial charge in [-0.2, -0.15) is 5.26 Å². The topological polar surface area (TPSA) is 110 Å². The van der Waals surface area contributed by atoms with Gasteiger partial charge in [-0.3, -0.25) is 4.79 Å². The van der Waals surface area contributed by atoms with Gasteiger partial charge in [-0.05, 0) is 30.0 Å². The number of nitrogens with two attached hydrogens (primary N) is 1. The Morgan fingerprint density at radius 1 is 1.17 bits per heavy atom. The van der Waals surface area contributed by atoms with Gasteiger partial charge in [0.2, 0.25) is 11.1 Å². The maximum atomic E-state index is 12.6. The maximum absolute atomic E-state index is 12.6. The Kier molecular flexibility index (Phi) is 6.13. The van der Waals surface area contributed by atoms with E-state index in [0.29, 0.717) is 22.2 Å². The highest BCUT2D eigenvalue weighted by Crippen LogP contribution is 2.28. The predicted molar refractivity (Wildman–Crippen MR) is 119 cm³/mol. The Morgan fingerprint density at radius 2 is 1.83 bits per heavy atom. The molecule has 30 heavy (non-hydrogen) atoms. The monoisotopic (exact) mass is 420 g/mol. The van der Waals surface area contributed by atoms with E-state index in [0.717, 1.165) is 5.56 Å². The van der Waals surface area contributed by atoms with Crippen molar-refractivity contribution in [1.29, 1.82) is 5.26 Å². The van der Waals surface area contributed by atoms with E-state index >= 15 is 0 Å². The number of nitrogens with one attached hydrogen (secondary N) is 1. The Labute approximate surface area is 180 Å². The summed E-state index contributed by atoms with van der Waals surface area (Å²) in [5, 5.41) is 20.2. The summed E-state index contributed by atoms with van der Waals surface area (Å²) in [4.78, 5) is 12.6. The molecule has 3 rings (SSSR count). The number of amides is 1. The van der Waals surface area contributed by atoms with E-state index < -0.39 is 5.25 Å². The minimum atomic E-state index is -0.487. The maximum Gasteiger partial charge on any atom is 0.237 e. The van der Waals surface area contributed by atoms with E-state index in [-0.39, 0.29) is 11.3 Å². The number of thioether (sulfide) groups is 1. The number of nitrogens with zero attached hydrogens (tertiary/aromatic N) is 4. The van der Waals surface area contributed by atoms with Crippen molar-refractivity contribution in [1.82, 2.24) is 14.9 Å². The SMILES string of the molecule is C[C@@H](Sc1nnc(-c2ccc(C(C)(C)C)cc2)n1N)C(=O)Nc1ccccc1C#N. The van der Waals surface area contributed by atoms with Gasteiger partial charge in [0, 0.05) is 5.56 Å². The van der Waals surface area contributed by atoms with Crippen molar-refractivity contribution < 1.29 is 4.79 Å². The number of hydrogen-bond acceptors (Lipinski definition) is 6. The largest absolute Gasteiger partial charge is 0.335 e. The van der Waals surface area contributed by atoms with E-state index in [9.17, 15) is 4.79 Å². The molecule has 3 aromatic rings. The van der Waals surface area contributed by atoms with E-state index in [1.54, 1.807) is 31.2 Å². The Bertz CT molecular complexity index is 1090. The fourth-order valence-electron chi connectivity index (χ4n) is 2.81. The van der Waals surface area contributed by atoms with E-state index in [2.05, 4.69) is 54.5 Å². The lowest BCUT2D eigenvalue weighted by atomic mass is 9.87. The van der Waals surface area contributed by atoms with E-state index in [1.807, 2.05) is 12.1 Å². The number of nitriles is 1. The molecule has 0 saturated carbocycles. The van der Waals surface area contributed by atoms with Crippen LogP contribution in [0.25, 0.3) is 11.4 Å². The van der Waals surface area contributed by atoms with Gasteiger partial charge in [0.15, 0.2) is 5.82 Å². The van der Waals surface area contributed by atoms with Crippen LogP contribution < -0.4 is 11.2 Å². The molecule has 2 aromatic carbocycles. The fourth-order valence-corrected chi connectivity index (χ4v) is 3.58. The van der Waals surface area contributed by atoms with Gasteiger partial charge < -0.3 is 11.2 Å². The van der Waals surface area contributed by atoms with Crippen LogP contribution in [0, 0.1) is 11.3 Å². The van der Waals surface area contributed by atoms with E-state index in [1.165, 1.54) is 22.0 Å². The number of benzene rings is 2. The van der Waals surface area contributed by atoms with Crippen molar-refractivity contribution in [3.8, 4) is 17.5 Å². The minimum absolute atomic E-state index is 0.0584. The fraction of sp³-hybridized carbons (Fsp3) is 0.273. The third-order valence-electron chi connectivity index (χ3n) is 4.63. The van der Waals surface area contributed by atoms with E-state index in [4.69, 9.17) is 11.1 Å². The molecule has 1 heterocycles. The lowest BCUT2D eigenvalue weighted by Gasteiger charge is -2.19. The Morgan fingerprint density at radius 3 is 2.47 bits per heavy atom. The molecular weight excluding hydrogens is 396 g/mol. The molecule has 0 aliphatic carbocycles. The third-order valence-corrected chi connectivity index (χ3v) is 5.69. The Hall–Kier alpha value is -3.31. The summed E-state index contributed by atoms with van der Waals surface area (Å²) in [6.45, 7) is 8.22. The summed E-state index contributed by atoms with van der Waals surface area (Å²) in [5.74, 6) is 6.48. The van der Waals surface area contributed by atoms with Gasteiger partial charge in [-0.15, -0.1) is 10.2 Å². The van der Waals surface area contributed by atoms with Crippen LogP contribution in [0.15, 0.2) is 53.7 Å². The molecule has 0 aliphatic heterocycles. The van der Waals surface area contributed by atoms with Crippen LogP contribution in [0.3, 0.4) is 0 Å². The number of carbonyl (C=O) groups excluding carboxylic acids is 1. The zero-order chi connectivity index (χ0) is 21.9. The molecule has 1 aromatic heterocycles. The third kappa shape index (κ3) is 4.63. The second-order valence-corrected chi connectivity index (χ2v) is 9.22. The number of rotatable bonds is 5. The summed E-state index contributed by atoms with van der Waals surface area (Å²) in [5.41, 5.74) is 3.01. The van der Waals surface area contributed by atoms with Gasteiger partial charge in [0.25, 0.3) is 0 Å². The number of hydrogen-bond donors (Lipinski definition) is 2. The van der Waals surface area contributed by atoms with Gasteiger partial charge in [-0.25, -0.2) is 4.68 Å². The van der Waals surface area contributed by atoms with Crippen molar-refractivity contribution >= 4 is 23.4 Å². The number of para-hydroxylation sites is 1. The minimum Gasteiger partial charge on any atom is -0.335 e. The van der Waals surface area contributed by atoms with Crippen molar-refractivity contribution in [2.75, 3.05) is 11.2 Å². The molecule has 154 valence electrons. The number of carbonyl (C=O) groups is 1. The van der Waals surface area contributed by atoms with Gasteiger partial charge in [-0.1, -0.05) is 68.9 Å². The zero-order valence-electron chi connectivity index (χ0n) is 17.4. The molecule has 0 spiro atoms. The zero-order valence-corrected chi connectivity index (χ0v) is 18.2. The van der Waals surface area contributed by atoms with Crippen molar-refractivity contribution in [3.05, 3.63) is 59.7 Å². The van der Waals surface area contributed by atoms with Crippen molar-refractivity contribution in [2.45, 2.75) is 43.5 Å². The molecule has 1 atom stereocenters. The molecule has 0 aliphatic rings. The average Bonchev–Trinajstić information content (AvgIpc) is 3.08. The first-order valence-electron chi connectivity index (χ1n) is 9.48. The van der Waals surface area contributed by atoms with Crippen LogP contribution in [-0.4, -0.2) is 26.0 Å². The van der Waals surface area contributed by atoms with Gasteiger partial charge in [0.05, 0.1) is 16.5 Å². The summed E-state index contributed by atoms with van der Waals surface area (Å²) in [7, 11) is 0. The lowest BCUT2D eigenvalue weighted by molar-refractivity contribution is -0.115. The van der Waals surface area contributed by atoms with Crippen LogP contribution in [0.5, 0.6) is 0 Å². The molecule has 0 fully saturated rings. The normalized spacial score (nSPS) is 12.2. The predicted octanol–water partition coefficient (Wildman–Crippen LogP) is 3.95. The number of anilines is 1. The standard InChI is InChI=1S/C22H24N6OS/c1-14(20(29)25-18-8-6-5-7-16(18)13-23)30-21-27-26-19(28(21)24)15-9-11-17(12-10-15)22(2,3)4/h5-12,14H,24H2,1-4H3,(H,25,29)/t14-/m1/s1. The summed E-state index contributed by atoms with van der Waals surface area (Å²) >= 11 is 1.20. The summed E-state index contributed by atoms with van der Waals surface area (Å²) in [6.07, 6.45) is 0. The van der Waals surface area contributed by atoms with Gasteiger partial charge >= 0.3 is 0 Å². The highest BCUT2D eigenvalue weighted by atomic mass is 32.2. The second-order valence-electron chi connectivity index (χ2n) is 7.91. The molecular formula is C22H24N6OS. The van der Waals surface area contributed by atoms with Crippen LogP contribution in [0.4, 0.5) is 5.69 Å². The molecule has 0 bridgehead atoms. The quantitative estimate of drug-likeness (QED) is 0.478.